The van der Waals surface area contributed by atoms with Gasteiger partial charge in [-0.3, -0.25) is 4.79 Å². The van der Waals surface area contributed by atoms with Crippen LogP contribution in [0.4, 0.5) is 0 Å². The Morgan fingerprint density at radius 3 is 2.74 bits per heavy atom. The van der Waals surface area contributed by atoms with Crippen molar-refractivity contribution in [1.29, 1.82) is 0 Å². The van der Waals surface area contributed by atoms with E-state index in [-0.39, 0.29) is 29.2 Å². The first-order valence-electron chi connectivity index (χ1n) is 9.77. The Morgan fingerprint density at radius 1 is 1.37 bits per heavy atom. The lowest BCUT2D eigenvalue weighted by molar-refractivity contribution is -0.126. The molecule has 1 aliphatic heterocycles. The summed E-state index contributed by atoms with van der Waals surface area (Å²) in [5.74, 6) is 0.202. The van der Waals surface area contributed by atoms with E-state index in [0.29, 0.717) is 31.7 Å². The molecule has 1 aliphatic rings. The van der Waals surface area contributed by atoms with Gasteiger partial charge in [0, 0.05) is 19.6 Å². The summed E-state index contributed by atoms with van der Waals surface area (Å²) in [6, 6.07) is 5.30. The van der Waals surface area contributed by atoms with E-state index in [1.807, 2.05) is 19.9 Å². The van der Waals surface area contributed by atoms with E-state index in [0.717, 1.165) is 18.4 Å². The number of hydrogen-bond acceptors (Lipinski definition) is 4. The first-order chi connectivity index (χ1) is 12.8. The van der Waals surface area contributed by atoms with Gasteiger partial charge in [-0.15, -0.1) is 0 Å². The van der Waals surface area contributed by atoms with Crippen molar-refractivity contribution >= 4 is 15.9 Å². The Labute approximate surface area is 163 Å². The molecule has 6 nitrogen and oxygen atoms in total. The van der Waals surface area contributed by atoms with Gasteiger partial charge in [0.05, 0.1) is 13.0 Å². The number of carbonyl (C=O) groups is 1. The van der Waals surface area contributed by atoms with Crippen molar-refractivity contribution in [2.75, 3.05) is 26.7 Å². The fraction of sp³-hybridized carbons (Fsp3) is 0.650. The number of benzene rings is 1. The van der Waals surface area contributed by atoms with Gasteiger partial charge in [0.25, 0.3) is 0 Å². The quantitative estimate of drug-likeness (QED) is 0.685. The van der Waals surface area contributed by atoms with Crippen LogP contribution in [-0.4, -0.2) is 45.4 Å². The number of nitrogens with one attached hydrogen (secondary N) is 1. The first-order valence-corrected chi connectivity index (χ1v) is 11.2. The molecule has 0 aromatic heterocycles. The van der Waals surface area contributed by atoms with Crippen molar-refractivity contribution in [3.8, 4) is 5.75 Å². The molecule has 1 heterocycles. The molecule has 0 spiro atoms. The van der Waals surface area contributed by atoms with Crippen LogP contribution in [0.2, 0.25) is 0 Å². The zero-order chi connectivity index (χ0) is 20.0. The fourth-order valence-electron chi connectivity index (χ4n) is 3.30. The van der Waals surface area contributed by atoms with Crippen molar-refractivity contribution in [3.63, 3.8) is 0 Å². The number of sulfonamides is 1. The number of piperidine rings is 1. The van der Waals surface area contributed by atoms with Crippen LogP contribution in [0.1, 0.15) is 57.9 Å². The van der Waals surface area contributed by atoms with Gasteiger partial charge in [-0.25, -0.2) is 8.42 Å². The smallest absolute Gasteiger partial charge is 0.246 e. The second-order valence-electron chi connectivity index (χ2n) is 7.41. The lowest BCUT2D eigenvalue weighted by Crippen LogP contribution is -2.45. The topological polar surface area (TPSA) is 75.7 Å². The fourth-order valence-corrected chi connectivity index (χ4v) is 5.01. The monoisotopic (exact) mass is 396 g/mol. The molecule has 0 radical (unpaired) electrons. The number of carbonyl (C=O) groups excluding carboxylic acids is 1. The molecular formula is C20H32N2O4S. The Bertz CT molecular complexity index is 746. The van der Waals surface area contributed by atoms with Crippen LogP contribution in [0.15, 0.2) is 23.1 Å². The predicted octanol–water partition coefficient (Wildman–Crippen LogP) is 3.14. The van der Waals surface area contributed by atoms with E-state index in [1.165, 1.54) is 11.4 Å². The first kappa shape index (κ1) is 21.7. The third-order valence-electron chi connectivity index (χ3n) is 5.06. The average Bonchev–Trinajstić information content (AvgIpc) is 2.67. The highest BCUT2D eigenvalue weighted by Gasteiger charge is 2.35. The molecule has 1 amide bonds. The molecule has 7 heteroatoms. The van der Waals surface area contributed by atoms with Crippen LogP contribution in [0.25, 0.3) is 0 Å². The van der Waals surface area contributed by atoms with Gasteiger partial charge < -0.3 is 10.1 Å². The van der Waals surface area contributed by atoms with E-state index in [9.17, 15) is 13.2 Å². The van der Waals surface area contributed by atoms with Gasteiger partial charge in [0.15, 0.2) is 0 Å². The maximum atomic E-state index is 13.3. The zero-order valence-electron chi connectivity index (χ0n) is 16.8. The summed E-state index contributed by atoms with van der Waals surface area (Å²) in [6.45, 7) is 7.40. The zero-order valence-corrected chi connectivity index (χ0v) is 17.6. The molecule has 1 atom stereocenters. The molecule has 0 aliphatic carbocycles. The van der Waals surface area contributed by atoms with Crippen LogP contribution in [0, 0.1) is 5.92 Å². The van der Waals surface area contributed by atoms with Crippen molar-refractivity contribution in [3.05, 3.63) is 23.8 Å². The van der Waals surface area contributed by atoms with E-state index in [1.54, 1.807) is 12.1 Å². The number of unbranched alkanes of at least 4 members (excludes halogenated alkanes) is 1. The summed E-state index contributed by atoms with van der Waals surface area (Å²) in [7, 11) is -2.25. The highest BCUT2D eigenvalue weighted by Crippen LogP contribution is 2.32. The lowest BCUT2D eigenvalue weighted by atomic mass is 9.99. The van der Waals surface area contributed by atoms with Crippen LogP contribution >= 0.6 is 0 Å². The number of rotatable bonds is 8. The molecule has 0 bridgehead atoms. The SMILES string of the molecule is CCCCNC(=O)[C@@H]1CCCN(S(=O)(=O)c2cc(C(C)C)ccc2OC)C1. The summed E-state index contributed by atoms with van der Waals surface area (Å²) in [4.78, 5) is 12.6. The van der Waals surface area contributed by atoms with Crippen LogP contribution in [-0.2, 0) is 14.8 Å². The largest absolute Gasteiger partial charge is 0.495 e. The number of methoxy groups -OCH3 is 1. The molecule has 1 fully saturated rings. The number of ether oxygens (including phenoxy) is 1. The van der Waals surface area contributed by atoms with Crippen LogP contribution in [0.5, 0.6) is 5.75 Å². The van der Waals surface area contributed by atoms with Crippen molar-refractivity contribution in [1.82, 2.24) is 9.62 Å². The summed E-state index contributed by atoms with van der Waals surface area (Å²) in [6.07, 6.45) is 3.33. The van der Waals surface area contributed by atoms with Crippen molar-refractivity contribution in [2.24, 2.45) is 5.92 Å². The van der Waals surface area contributed by atoms with E-state index >= 15 is 0 Å². The molecule has 152 valence electrons. The highest BCUT2D eigenvalue weighted by atomic mass is 32.2. The van der Waals surface area contributed by atoms with E-state index in [4.69, 9.17) is 4.74 Å². The summed E-state index contributed by atoms with van der Waals surface area (Å²) >= 11 is 0. The van der Waals surface area contributed by atoms with Gasteiger partial charge in [-0.05, 0) is 42.9 Å². The highest BCUT2D eigenvalue weighted by molar-refractivity contribution is 7.89. The molecule has 2 rings (SSSR count). The summed E-state index contributed by atoms with van der Waals surface area (Å²) < 4.78 is 33.3. The second-order valence-corrected chi connectivity index (χ2v) is 9.32. The normalized spacial score (nSPS) is 18.5. The molecular weight excluding hydrogens is 364 g/mol. The van der Waals surface area contributed by atoms with Gasteiger partial charge in [-0.1, -0.05) is 33.3 Å². The predicted molar refractivity (Wildman–Crippen MR) is 106 cm³/mol. The molecule has 1 N–H and O–H groups in total. The number of amides is 1. The number of hydrogen-bond donors (Lipinski definition) is 1. The summed E-state index contributed by atoms with van der Waals surface area (Å²) in [5, 5.41) is 2.93. The minimum atomic E-state index is -3.72. The minimum Gasteiger partial charge on any atom is -0.495 e. The molecule has 1 aromatic carbocycles. The number of nitrogens with zero attached hydrogens (tertiary/aromatic N) is 1. The van der Waals surface area contributed by atoms with Gasteiger partial charge in [0.1, 0.15) is 10.6 Å². The summed E-state index contributed by atoms with van der Waals surface area (Å²) in [5.41, 5.74) is 0.945. The van der Waals surface area contributed by atoms with Gasteiger partial charge in [0.2, 0.25) is 15.9 Å². The Balaban J connectivity index is 2.23. The van der Waals surface area contributed by atoms with Crippen molar-refractivity contribution < 1.29 is 17.9 Å². The minimum absolute atomic E-state index is 0.0498. The van der Waals surface area contributed by atoms with Crippen LogP contribution < -0.4 is 10.1 Å². The second kappa shape index (κ2) is 9.55. The maximum absolute atomic E-state index is 13.3. The molecule has 1 saturated heterocycles. The molecule has 27 heavy (non-hydrogen) atoms. The van der Waals surface area contributed by atoms with Gasteiger partial charge in [-0.2, -0.15) is 4.31 Å². The van der Waals surface area contributed by atoms with Crippen molar-refractivity contribution in [2.45, 2.75) is 57.3 Å². The van der Waals surface area contributed by atoms with Crippen LogP contribution in [0.3, 0.4) is 0 Å². The Morgan fingerprint density at radius 2 is 2.11 bits per heavy atom. The third-order valence-corrected chi connectivity index (χ3v) is 6.94. The molecule has 1 aromatic rings. The Hall–Kier alpha value is -1.60. The lowest BCUT2D eigenvalue weighted by Gasteiger charge is -2.31. The van der Waals surface area contributed by atoms with Gasteiger partial charge >= 0.3 is 0 Å². The average molecular weight is 397 g/mol. The standard InChI is InChI=1S/C20H32N2O4S/c1-5-6-11-21-20(23)17-8-7-12-22(14-17)27(24,25)19-13-16(15(2)3)9-10-18(19)26-4/h9-10,13,15,17H,5-8,11-12,14H2,1-4H3,(H,21,23)/t17-/m1/s1. The third kappa shape index (κ3) is 5.23. The van der Waals surface area contributed by atoms with E-state index < -0.39 is 10.0 Å². The molecule has 0 saturated carbocycles. The Kier molecular flexibility index (Phi) is 7.68. The maximum Gasteiger partial charge on any atom is 0.246 e. The molecule has 0 unspecified atom stereocenters. The van der Waals surface area contributed by atoms with E-state index in [2.05, 4.69) is 12.2 Å².